The molecule has 1 aliphatic carbocycles. The van der Waals surface area contributed by atoms with Crippen molar-refractivity contribution < 1.29 is 23.4 Å². The maximum atomic E-state index is 12.1. The fourth-order valence-electron chi connectivity index (χ4n) is 2.21. The van der Waals surface area contributed by atoms with Crippen molar-refractivity contribution in [2.75, 3.05) is 11.9 Å². The van der Waals surface area contributed by atoms with Gasteiger partial charge in [0.05, 0.1) is 12.0 Å². The predicted octanol–water partition coefficient (Wildman–Crippen LogP) is 1.82. The highest BCUT2D eigenvalue weighted by atomic mass is 19.3. The Kier molecular flexibility index (Phi) is 4.84. The van der Waals surface area contributed by atoms with Crippen LogP contribution in [0.25, 0.3) is 0 Å². The minimum absolute atomic E-state index is 0.0476. The normalized spacial score (nSPS) is 22.0. The standard InChI is InChI=1S/C13H16F2N2O3/c14-11(15)7-20-13-9(4-2-6-16-13)17-12(19)8-3-1-5-10(8)18/h2,4,6,8,10-11,18H,1,3,5,7H2,(H,17,19). The van der Waals surface area contributed by atoms with Crippen LogP contribution in [0.15, 0.2) is 18.3 Å². The van der Waals surface area contributed by atoms with Crippen molar-refractivity contribution in [1.29, 1.82) is 0 Å². The molecule has 110 valence electrons. The van der Waals surface area contributed by atoms with Crippen molar-refractivity contribution in [3.63, 3.8) is 0 Å². The van der Waals surface area contributed by atoms with Gasteiger partial charge in [0, 0.05) is 6.20 Å². The van der Waals surface area contributed by atoms with Crippen LogP contribution in [-0.2, 0) is 4.79 Å². The van der Waals surface area contributed by atoms with Gasteiger partial charge in [0.1, 0.15) is 5.69 Å². The number of carbonyl (C=O) groups excluding carboxylic acids is 1. The lowest BCUT2D eigenvalue weighted by Crippen LogP contribution is -2.29. The second kappa shape index (κ2) is 6.60. The summed E-state index contributed by atoms with van der Waals surface area (Å²) < 4.78 is 29.1. The van der Waals surface area contributed by atoms with Gasteiger partial charge in [0.15, 0.2) is 6.61 Å². The number of nitrogens with zero attached hydrogens (tertiary/aromatic N) is 1. The molecule has 1 heterocycles. The van der Waals surface area contributed by atoms with Crippen LogP contribution >= 0.6 is 0 Å². The Morgan fingerprint density at radius 2 is 2.35 bits per heavy atom. The molecule has 0 saturated heterocycles. The van der Waals surface area contributed by atoms with Crippen LogP contribution in [0.4, 0.5) is 14.5 Å². The van der Waals surface area contributed by atoms with Crippen molar-refractivity contribution in [2.24, 2.45) is 5.92 Å². The Bertz CT molecular complexity index is 471. The number of alkyl halides is 2. The first-order valence-corrected chi connectivity index (χ1v) is 6.43. The van der Waals surface area contributed by atoms with Crippen LogP contribution in [-0.4, -0.2) is 35.1 Å². The summed E-state index contributed by atoms with van der Waals surface area (Å²) in [5.41, 5.74) is 0.234. The number of nitrogens with one attached hydrogen (secondary N) is 1. The van der Waals surface area contributed by atoms with E-state index in [2.05, 4.69) is 10.3 Å². The summed E-state index contributed by atoms with van der Waals surface area (Å²) in [5, 5.41) is 12.3. The molecule has 2 rings (SSSR count). The van der Waals surface area contributed by atoms with Crippen LogP contribution < -0.4 is 10.1 Å². The highest BCUT2D eigenvalue weighted by Gasteiger charge is 2.31. The molecule has 0 radical (unpaired) electrons. The number of anilines is 1. The molecule has 0 aliphatic heterocycles. The molecule has 7 heteroatoms. The van der Waals surface area contributed by atoms with Gasteiger partial charge in [0.2, 0.25) is 11.8 Å². The summed E-state index contributed by atoms with van der Waals surface area (Å²) in [6.07, 6.45) is 0.122. The number of amides is 1. The molecule has 1 amide bonds. The molecule has 2 N–H and O–H groups in total. The van der Waals surface area contributed by atoms with Gasteiger partial charge in [0.25, 0.3) is 6.43 Å². The van der Waals surface area contributed by atoms with Gasteiger partial charge < -0.3 is 15.2 Å². The quantitative estimate of drug-likeness (QED) is 0.866. The number of aromatic nitrogens is 1. The van der Waals surface area contributed by atoms with Crippen LogP contribution in [0.1, 0.15) is 19.3 Å². The third-order valence-corrected chi connectivity index (χ3v) is 3.19. The minimum Gasteiger partial charge on any atom is -0.470 e. The first-order chi connectivity index (χ1) is 9.58. The maximum Gasteiger partial charge on any atom is 0.272 e. The first kappa shape index (κ1) is 14.6. The zero-order valence-electron chi connectivity index (χ0n) is 10.8. The molecule has 2 atom stereocenters. The molecule has 5 nitrogen and oxygen atoms in total. The van der Waals surface area contributed by atoms with E-state index in [1.807, 2.05) is 0 Å². The maximum absolute atomic E-state index is 12.1. The number of rotatable bonds is 5. The lowest BCUT2D eigenvalue weighted by atomic mass is 10.1. The van der Waals surface area contributed by atoms with Gasteiger partial charge >= 0.3 is 0 Å². The summed E-state index contributed by atoms with van der Waals surface area (Å²) >= 11 is 0. The zero-order chi connectivity index (χ0) is 14.5. The monoisotopic (exact) mass is 286 g/mol. The Balaban J connectivity index is 2.03. The van der Waals surface area contributed by atoms with Gasteiger partial charge in [-0.3, -0.25) is 4.79 Å². The number of halogens is 2. The van der Waals surface area contributed by atoms with Crippen LogP contribution in [0.5, 0.6) is 5.88 Å². The second-order valence-electron chi connectivity index (χ2n) is 4.65. The van der Waals surface area contributed by atoms with Crippen molar-refractivity contribution in [3.8, 4) is 5.88 Å². The van der Waals surface area contributed by atoms with Gasteiger partial charge in [-0.15, -0.1) is 0 Å². The molecule has 1 aliphatic rings. The van der Waals surface area contributed by atoms with Gasteiger partial charge in [-0.2, -0.15) is 0 Å². The van der Waals surface area contributed by atoms with E-state index in [0.717, 1.165) is 6.42 Å². The van der Waals surface area contributed by atoms with E-state index in [1.165, 1.54) is 12.3 Å². The Morgan fingerprint density at radius 1 is 1.55 bits per heavy atom. The Hall–Kier alpha value is -1.76. The van der Waals surface area contributed by atoms with Crippen molar-refractivity contribution in [2.45, 2.75) is 31.8 Å². The molecule has 0 spiro atoms. The van der Waals surface area contributed by atoms with Crippen LogP contribution in [0.2, 0.25) is 0 Å². The third-order valence-electron chi connectivity index (χ3n) is 3.19. The molecule has 2 unspecified atom stereocenters. The van der Waals surface area contributed by atoms with Gasteiger partial charge in [-0.25, -0.2) is 13.8 Å². The Morgan fingerprint density at radius 3 is 3.00 bits per heavy atom. The third kappa shape index (κ3) is 3.63. The van der Waals surface area contributed by atoms with Gasteiger partial charge in [-0.05, 0) is 31.4 Å². The molecular formula is C13H16F2N2O3. The highest BCUT2D eigenvalue weighted by Crippen LogP contribution is 2.28. The van der Waals surface area contributed by atoms with Crippen LogP contribution in [0.3, 0.4) is 0 Å². The van der Waals surface area contributed by atoms with E-state index < -0.39 is 25.1 Å². The molecule has 1 saturated carbocycles. The lowest BCUT2D eigenvalue weighted by Gasteiger charge is -2.16. The lowest BCUT2D eigenvalue weighted by molar-refractivity contribution is -0.122. The molecular weight excluding hydrogens is 270 g/mol. The smallest absolute Gasteiger partial charge is 0.272 e. The SMILES string of the molecule is O=C(Nc1cccnc1OCC(F)F)C1CCCC1O. The number of aliphatic hydroxyl groups is 1. The number of carbonyl (C=O) groups is 1. The van der Waals surface area contributed by atoms with Crippen molar-refractivity contribution >= 4 is 11.6 Å². The number of hydrogen-bond donors (Lipinski definition) is 2. The van der Waals surface area contributed by atoms with E-state index in [9.17, 15) is 18.7 Å². The number of aliphatic hydroxyl groups excluding tert-OH is 1. The summed E-state index contributed by atoms with van der Waals surface area (Å²) in [7, 11) is 0. The first-order valence-electron chi connectivity index (χ1n) is 6.43. The van der Waals surface area contributed by atoms with E-state index in [-0.39, 0.29) is 17.5 Å². The van der Waals surface area contributed by atoms with Crippen molar-refractivity contribution in [3.05, 3.63) is 18.3 Å². The molecule has 0 aromatic carbocycles. The largest absolute Gasteiger partial charge is 0.470 e. The number of hydrogen-bond acceptors (Lipinski definition) is 4. The fourth-order valence-corrected chi connectivity index (χ4v) is 2.21. The predicted molar refractivity (Wildman–Crippen MR) is 67.7 cm³/mol. The molecule has 1 fully saturated rings. The zero-order valence-corrected chi connectivity index (χ0v) is 10.8. The minimum atomic E-state index is -2.61. The Labute approximate surface area is 115 Å². The fraction of sp³-hybridized carbons (Fsp3) is 0.538. The van der Waals surface area contributed by atoms with Crippen LogP contribution in [0, 0.1) is 5.92 Å². The summed E-state index contributed by atoms with van der Waals surface area (Å²) in [4.78, 5) is 15.8. The number of pyridine rings is 1. The topological polar surface area (TPSA) is 71.5 Å². The average molecular weight is 286 g/mol. The molecule has 20 heavy (non-hydrogen) atoms. The average Bonchev–Trinajstić information content (AvgIpc) is 2.84. The molecule has 1 aromatic rings. The van der Waals surface area contributed by atoms with Crippen molar-refractivity contribution in [1.82, 2.24) is 4.98 Å². The molecule has 1 aromatic heterocycles. The molecule has 0 bridgehead atoms. The summed E-state index contributed by atoms with van der Waals surface area (Å²) in [5.74, 6) is -0.864. The highest BCUT2D eigenvalue weighted by molar-refractivity contribution is 5.94. The number of ether oxygens (including phenoxy) is 1. The van der Waals surface area contributed by atoms with Gasteiger partial charge in [-0.1, -0.05) is 0 Å². The van der Waals surface area contributed by atoms with E-state index >= 15 is 0 Å². The second-order valence-corrected chi connectivity index (χ2v) is 4.65. The summed E-state index contributed by atoms with van der Waals surface area (Å²) in [6, 6.07) is 3.09. The van der Waals surface area contributed by atoms with E-state index in [0.29, 0.717) is 12.8 Å². The van der Waals surface area contributed by atoms with E-state index in [1.54, 1.807) is 6.07 Å². The summed E-state index contributed by atoms with van der Waals surface area (Å²) in [6.45, 7) is -0.786. The van der Waals surface area contributed by atoms with E-state index in [4.69, 9.17) is 4.74 Å².